The number of rotatable bonds is 3. The zero-order valence-electron chi connectivity index (χ0n) is 16.7. The van der Waals surface area contributed by atoms with E-state index in [0.29, 0.717) is 5.75 Å². The first-order valence-corrected chi connectivity index (χ1v) is 9.12. The van der Waals surface area contributed by atoms with Crippen molar-refractivity contribution in [1.29, 1.82) is 0 Å². The lowest BCUT2D eigenvalue weighted by atomic mass is 10.0. The van der Waals surface area contributed by atoms with Crippen molar-refractivity contribution in [2.45, 2.75) is 51.6 Å². The minimum absolute atomic E-state index is 0.0594. The largest absolute Gasteiger partial charge is 0.497 e. The summed E-state index contributed by atoms with van der Waals surface area (Å²) in [4.78, 5) is 14.1. The highest BCUT2D eigenvalue weighted by Gasteiger charge is 2.43. The standard InChI is InChI=1S/C19H23F3N4O3/c1-18(2,3)29-17(27)25-9-10-26-15(23-24-16(26)19(20,21)22)14(25)11-12-5-7-13(28-4)8-6-12/h5-8,14H,9-11H2,1-4H3. The molecule has 2 heterocycles. The Morgan fingerprint density at radius 3 is 2.34 bits per heavy atom. The molecule has 0 bridgehead atoms. The number of ether oxygens (including phenoxy) is 2. The van der Waals surface area contributed by atoms with Crippen LogP contribution in [0.2, 0.25) is 0 Å². The fraction of sp³-hybridized carbons (Fsp3) is 0.526. The summed E-state index contributed by atoms with van der Waals surface area (Å²) in [5.41, 5.74) is 0.0821. The summed E-state index contributed by atoms with van der Waals surface area (Å²) in [6, 6.07) is 6.36. The SMILES string of the molecule is COc1ccc(CC2c3nnc(C(F)(F)F)n3CCN2C(=O)OC(C)(C)C)cc1. The number of halogens is 3. The first-order chi connectivity index (χ1) is 13.5. The van der Waals surface area contributed by atoms with Gasteiger partial charge >= 0.3 is 12.3 Å². The van der Waals surface area contributed by atoms with Gasteiger partial charge in [0.15, 0.2) is 5.82 Å². The lowest BCUT2D eigenvalue weighted by Crippen LogP contribution is -2.46. The van der Waals surface area contributed by atoms with E-state index < -0.39 is 29.7 Å². The molecule has 0 aliphatic carbocycles. The van der Waals surface area contributed by atoms with E-state index in [-0.39, 0.29) is 25.3 Å². The highest BCUT2D eigenvalue weighted by Crippen LogP contribution is 2.35. The van der Waals surface area contributed by atoms with Gasteiger partial charge in [-0.1, -0.05) is 12.1 Å². The van der Waals surface area contributed by atoms with Gasteiger partial charge in [0.2, 0.25) is 5.82 Å². The minimum Gasteiger partial charge on any atom is -0.497 e. The smallest absolute Gasteiger partial charge is 0.451 e. The molecule has 29 heavy (non-hydrogen) atoms. The van der Waals surface area contributed by atoms with Crippen LogP contribution in [0.15, 0.2) is 24.3 Å². The lowest BCUT2D eigenvalue weighted by Gasteiger charge is -2.37. The Morgan fingerprint density at radius 2 is 1.79 bits per heavy atom. The highest BCUT2D eigenvalue weighted by molar-refractivity contribution is 5.69. The Hall–Kier alpha value is -2.78. The molecule has 3 rings (SSSR count). The van der Waals surface area contributed by atoms with Gasteiger partial charge in [0.05, 0.1) is 13.2 Å². The second kappa shape index (κ2) is 7.57. The molecule has 1 aromatic heterocycles. The Kier molecular flexibility index (Phi) is 5.46. The molecule has 1 aliphatic heterocycles. The van der Waals surface area contributed by atoms with Crippen LogP contribution < -0.4 is 4.74 Å². The predicted molar refractivity (Wildman–Crippen MR) is 97.4 cm³/mol. The van der Waals surface area contributed by atoms with Crippen LogP contribution in [0.4, 0.5) is 18.0 Å². The Labute approximate surface area is 166 Å². The van der Waals surface area contributed by atoms with Gasteiger partial charge in [-0.25, -0.2) is 4.79 Å². The Morgan fingerprint density at radius 1 is 1.14 bits per heavy atom. The second-order valence-electron chi connectivity index (χ2n) is 7.77. The zero-order chi connectivity index (χ0) is 21.4. The van der Waals surface area contributed by atoms with E-state index in [1.807, 2.05) is 0 Å². The summed E-state index contributed by atoms with van der Waals surface area (Å²) in [5.74, 6) is -0.315. The molecule has 0 N–H and O–H groups in total. The molecule has 158 valence electrons. The van der Waals surface area contributed by atoms with E-state index in [1.54, 1.807) is 52.1 Å². The maximum atomic E-state index is 13.3. The predicted octanol–water partition coefficient (Wildman–Crippen LogP) is 3.84. The summed E-state index contributed by atoms with van der Waals surface area (Å²) in [6.45, 7) is 5.20. The summed E-state index contributed by atoms with van der Waals surface area (Å²) < 4.78 is 51.5. The van der Waals surface area contributed by atoms with Gasteiger partial charge in [-0.15, -0.1) is 10.2 Å². The number of hydrogen-bond donors (Lipinski definition) is 0. The van der Waals surface area contributed by atoms with Gasteiger partial charge in [0, 0.05) is 19.5 Å². The third-order valence-electron chi connectivity index (χ3n) is 4.49. The summed E-state index contributed by atoms with van der Waals surface area (Å²) in [5, 5.41) is 7.13. The van der Waals surface area contributed by atoms with Gasteiger partial charge in [0.1, 0.15) is 11.4 Å². The van der Waals surface area contributed by atoms with Crippen molar-refractivity contribution in [2.75, 3.05) is 13.7 Å². The van der Waals surface area contributed by atoms with Crippen LogP contribution in [0.25, 0.3) is 0 Å². The number of aromatic nitrogens is 3. The first-order valence-electron chi connectivity index (χ1n) is 9.12. The van der Waals surface area contributed by atoms with Crippen LogP contribution in [0.1, 0.15) is 44.0 Å². The highest BCUT2D eigenvalue weighted by atomic mass is 19.4. The van der Waals surface area contributed by atoms with Crippen molar-refractivity contribution in [3.63, 3.8) is 0 Å². The van der Waals surface area contributed by atoms with Crippen molar-refractivity contribution in [1.82, 2.24) is 19.7 Å². The second-order valence-corrected chi connectivity index (χ2v) is 7.77. The number of methoxy groups -OCH3 is 1. The molecule has 0 saturated heterocycles. The molecule has 1 amide bonds. The number of alkyl halides is 3. The molecule has 1 aromatic carbocycles. The maximum Gasteiger partial charge on any atom is 0.451 e. The average molecular weight is 412 g/mol. The molecule has 10 heteroatoms. The lowest BCUT2D eigenvalue weighted by molar-refractivity contribution is -0.148. The molecule has 0 saturated carbocycles. The van der Waals surface area contributed by atoms with Crippen molar-refractivity contribution in [3.8, 4) is 5.75 Å². The van der Waals surface area contributed by atoms with E-state index in [2.05, 4.69) is 10.2 Å². The van der Waals surface area contributed by atoms with Crippen LogP contribution in [0, 0.1) is 0 Å². The van der Waals surface area contributed by atoms with E-state index in [9.17, 15) is 18.0 Å². The molecular weight excluding hydrogens is 389 g/mol. The van der Waals surface area contributed by atoms with Crippen molar-refractivity contribution in [2.24, 2.45) is 0 Å². The van der Waals surface area contributed by atoms with Crippen LogP contribution >= 0.6 is 0 Å². The van der Waals surface area contributed by atoms with Crippen molar-refractivity contribution in [3.05, 3.63) is 41.5 Å². The molecule has 1 atom stereocenters. The summed E-state index contributed by atoms with van der Waals surface area (Å²) in [7, 11) is 1.54. The number of carbonyl (C=O) groups excluding carboxylic acids is 1. The summed E-state index contributed by atoms with van der Waals surface area (Å²) in [6.07, 6.45) is -4.96. The van der Waals surface area contributed by atoms with Crippen LogP contribution in [0.5, 0.6) is 5.75 Å². The molecule has 7 nitrogen and oxygen atoms in total. The van der Waals surface area contributed by atoms with Crippen LogP contribution in [-0.4, -0.2) is 45.0 Å². The number of carbonyl (C=O) groups is 1. The molecule has 1 unspecified atom stereocenters. The summed E-state index contributed by atoms with van der Waals surface area (Å²) >= 11 is 0. The Bertz CT molecular complexity index is 872. The van der Waals surface area contributed by atoms with E-state index in [0.717, 1.165) is 10.1 Å². The fourth-order valence-corrected chi connectivity index (χ4v) is 3.22. The number of nitrogens with zero attached hydrogens (tertiary/aromatic N) is 4. The third-order valence-corrected chi connectivity index (χ3v) is 4.49. The number of benzene rings is 1. The molecule has 0 spiro atoms. The van der Waals surface area contributed by atoms with Gasteiger partial charge < -0.3 is 14.0 Å². The zero-order valence-corrected chi connectivity index (χ0v) is 16.7. The third kappa shape index (κ3) is 4.63. The molecular formula is C19H23F3N4O3. The molecule has 0 fully saturated rings. The van der Waals surface area contributed by atoms with Gasteiger partial charge in [-0.05, 0) is 38.5 Å². The average Bonchev–Trinajstić information content (AvgIpc) is 3.06. The number of hydrogen-bond acceptors (Lipinski definition) is 5. The molecule has 0 radical (unpaired) electrons. The van der Waals surface area contributed by atoms with Crippen LogP contribution in [-0.2, 0) is 23.9 Å². The van der Waals surface area contributed by atoms with Gasteiger partial charge in [0.25, 0.3) is 0 Å². The minimum atomic E-state index is -4.62. The van der Waals surface area contributed by atoms with Crippen molar-refractivity contribution < 1.29 is 27.4 Å². The van der Waals surface area contributed by atoms with Gasteiger partial charge in [-0.3, -0.25) is 4.90 Å². The number of amides is 1. The van der Waals surface area contributed by atoms with Crippen molar-refractivity contribution >= 4 is 6.09 Å². The molecule has 1 aliphatic rings. The van der Waals surface area contributed by atoms with E-state index in [4.69, 9.17) is 9.47 Å². The van der Waals surface area contributed by atoms with Gasteiger partial charge in [-0.2, -0.15) is 13.2 Å². The quantitative estimate of drug-likeness (QED) is 0.766. The fourth-order valence-electron chi connectivity index (χ4n) is 3.22. The normalized spacial score (nSPS) is 17.1. The van der Waals surface area contributed by atoms with E-state index >= 15 is 0 Å². The number of fused-ring (bicyclic) bond motifs is 1. The first kappa shape index (κ1) is 20.9. The maximum absolute atomic E-state index is 13.3. The Balaban J connectivity index is 1.97. The molecule has 2 aromatic rings. The monoisotopic (exact) mass is 412 g/mol. The van der Waals surface area contributed by atoms with Crippen LogP contribution in [0.3, 0.4) is 0 Å². The van der Waals surface area contributed by atoms with E-state index in [1.165, 1.54) is 4.90 Å². The topological polar surface area (TPSA) is 69.5 Å².